The summed E-state index contributed by atoms with van der Waals surface area (Å²) in [6.07, 6.45) is 2.88. The molecule has 2 atom stereocenters. The number of hydrogen-bond acceptors (Lipinski definition) is 3. The van der Waals surface area contributed by atoms with Gasteiger partial charge < -0.3 is 10.4 Å². The average molecular weight is 287 g/mol. The summed E-state index contributed by atoms with van der Waals surface area (Å²) in [6, 6.07) is 5.89. The first-order valence-corrected chi connectivity index (χ1v) is 7.40. The number of H-pyrrole nitrogens is 1. The van der Waals surface area contributed by atoms with Gasteiger partial charge >= 0.3 is 0 Å². The maximum absolute atomic E-state index is 12.5. The molecule has 1 aromatic carbocycles. The van der Waals surface area contributed by atoms with E-state index in [1.54, 1.807) is 0 Å². The SMILES string of the molecule is Cc1ccc2[nH]nc(C(=O)NC3CCCC3(C)CO)c2c1. The third kappa shape index (κ3) is 2.42. The first-order valence-electron chi connectivity index (χ1n) is 7.40. The summed E-state index contributed by atoms with van der Waals surface area (Å²) in [5, 5.41) is 20.5. The molecule has 21 heavy (non-hydrogen) atoms. The van der Waals surface area contributed by atoms with Gasteiger partial charge in [0.15, 0.2) is 5.69 Å². The zero-order valence-electron chi connectivity index (χ0n) is 12.4. The second-order valence-electron chi connectivity index (χ2n) is 6.35. The lowest BCUT2D eigenvalue weighted by molar-refractivity contribution is 0.0827. The Morgan fingerprint density at radius 1 is 1.57 bits per heavy atom. The second kappa shape index (κ2) is 5.15. The van der Waals surface area contributed by atoms with Gasteiger partial charge in [-0.15, -0.1) is 0 Å². The predicted octanol–water partition coefficient (Wildman–Crippen LogP) is 2.15. The highest BCUT2D eigenvalue weighted by Gasteiger charge is 2.39. The van der Waals surface area contributed by atoms with E-state index < -0.39 is 0 Å². The molecule has 0 aliphatic heterocycles. The maximum Gasteiger partial charge on any atom is 0.272 e. The van der Waals surface area contributed by atoms with Gasteiger partial charge in [0.2, 0.25) is 0 Å². The molecular weight excluding hydrogens is 266 g/mol. The lowest BCUT2D eigenvalue weighted by Gasteiger charge is -2.29. The van der Waals surface area contributed by atoms with E-state index >= 15 is 0 Å². The van der Waals surface area contributed by atoms with Crippen molar-refractivity contribution in [3.8, 4) is 0 Å². The van der Waals surface area contributed by atoms with E-state index in [-0.39, 0.29) is 24.0 Å². The van der Waals surface area contributed by atoms with Crippen LogP contribution < -0.4 is 5.32 Å². The number of aliphatic hydroxyl groups is 1. The number of aromatic amines is 1. The summed E-state index contributed by atoms with van der Waals surface area (Å²) in [4.78, 5) is 12.5. The van der Waals surface area contributed by atoms with Crippen molar-refractivity contribution in [2.75, 3.05) is 6.61 Å². The number of aliphatic hydroxyl groups excluding tert-OH is 1. The van der Waals surface area contributed by atoms with Crippen molar-refractivity contribution in [3.05, 3.63) is 29.5 Å². The number of benzene rings is 1. The Balaban J connectivity index is 1.86. The number of carbonyl (C=O) groups excluding carboxylic acids is 1. The van der Waals surface area contributed by atoms with Crippen LogP contribution in [-0.2, 0) is 0 Å². The number of hydrogen-bond donors (Lipinski definition) is 3. The summed E-state index contributed by atoms with van der Waals surface area (Å²) in [5.74, 6) is -0.168. The van der Waals surface area contributed by atoms with E-state index in [4.69, 9.17) is 0 Å². The van der Waals surface area contributed by atoms with E-state index in [0.717, 1.165) is 35.7 Å². The molecule has 3 rings (SSSR count). The molecule has 0 spiro atoms. The van der Waals surface area contributed by atoms with Crippen molar-refractivity contribution >= 4 is 16.8 Å². The lowest BCUT2D eigenvalue weighted by atomic mass is 9.85. The van der Waals surface area contributed by atoms with Gasteiger partial charge in [-0.1, -0.05) is 25.0 Å². The molecular formula is C16H21N3O2. The van der Waals surface area contributed by atoms with Crippen LogP contribution in [0.1, 0.15) is 42.2 Å². The largest absolute Gasteiger partial charge is 0.396 e. The third-order valence-electron chi connectivity index (χ3n) is 4.68. The van der Waals surface area contributed by atoms with Crippen molar-refractivity contribution in [2.24, 2.45) is 5.41 Å². The summed E-state index contributed by atoms with van der Waals surface area (Å²) in [5.41, 5.74) is 2.17. The van der Waals surface area contributed by atoms with Crippen molar-refractivity contribution in [3.63, 3.8) is 0 Å². The minimum Gasteiger partial charge on any atom is -0.396 e. The van der Waals surface area contributed by atoms with Crippen LogP contribution in [0.4, 0.5) is 0 Å². The van der Waals surface area contributed by atoms with Gasteiger partial charge in [-0.2, -0.15) is 5.10 Å². The first kappa shape index (κ1) is 14.1. The normalized spacial score (nSPS) is 25.4. The van der Waals surface area contributed by atoms with Crippen molar-refractivity contribution in [1.82, 2.24) is 15.5 Å². The Kier molecular flexibility index (Phi) is 3.45. The summed E-state index contributed by atoms with van der Waals surface area (Å²) in [6.45, 7) is 4.12. The molecule has 0 radical (unpaired) electrons. The molecule has 112 valence electrons. The molecule has 1 amide bonds. The maximum atomic E-state index is 12.5. The van der Waals surface area contributed by atoms with Gasteiger partial charge in [-0.3, -0.25) is 9.89 Å². The Bertz CT molecular complexity index is 679. The number of aryl methyl sites for hydroxylation is 1. The van der Waals surface area contributed by atoms with Crippen molar-refractivity contribution < 1.29 is 9.90 Å². The average Bonchev–Trinajstić information content (AvgIpc) is 3.03. The first-order chi connectivity index (χ1) is 10.0. The molecule has 1 heterocycles. The topological polar surface area (TPSA) is 78.0 Å². The molecule has 3 N–H and O–H groups in total. The molecule has 0 saturated heterocycles. The van der Waals surface area contributed by atoms with Gasteiger partial charge in [-0.25, -0.2) is 0 Å². The fraction of sp³-hybridized carbons (Fsp3) is 0.500. The second-order valence-corrected chi connectivity index (χ2v) is 6.35. The fourth-order valence-electron chi connectivity index (χ4n) is 3.20. The van der Waals surface area contributed by atoms with Crippen molar-refractivity contribution in [2.45, 2.75) is 39.2 Å². The zero-order valence-corrected chi connectivity index (χ0v) is 12.4. The number of rotatable bonds is 3. The summed E-state index contributed by atoms with van der Waals surface area (Å²) < 4.78 is 0. The van der Waals surface area contributed by atoms with Crippen LogP contribution in [-0.4, -0.2) is 33.9 Å². The van der Waals surface area contributed by atoms with Crippen molar-refractivity contribution in [1.29, 1.82) is 0 Å². The standard InChI is InChI=1S/C16H21N3O2/c1-10-5-6-12-11(8-10)14(19-18-12)15(21)17-13-4-3-7-16(13,2)9-20/h5-6,8,13,20H,3-4,7,9H2,1-2H3,(H,17,21)(H,18,19). The Morgan fingerprint density at radius 2 is 2.38 bits per heavy atom. The lowest BCUT2D eigenvalue weighted by Crippen LogP contribution is -2.44. The minimum absolute atomic E-state index is 0.00607. The highest BCUT2D eigenvalue weighted by Crippen LogP contribution is 2.37. The fourth-order valence-corrected chi connectivity index (χ4v) is 3.20. The molecule has 1 fully saturated rings. The Labute approximate surface area is 123 Å². The van der Waals surface area contributed by atoms with E-state index in [9.17, 15) is 9.90 Å². The number of amides is 1. The predicted molar refractivity (Wildman–Crippen MR) is 81.1 cm³/mol. The molecule has 1 saturated carbocycles. The van der Waals surface area contributed by atoms with E-state index in [0.29, 0.717) is 5.69 Å². The van der Waals surface area contributed by atoms with Crippen LogP contribution >= 0.6 is 0 Å². The van der Waals surface area contributed by atoms with Crippen LogP contribution in [0.5, 0.6) is 0 Å². The molecule has 0 bridgehead atoms. The smallest absolute Gasteiger partial charge is 0.272 e. The molecule has 2 unspecified atom stereocenters. The van der Waals surface area contributed by atoms with E-state index in [2.05, 4.69) is 15.5 Å². The Morgan fingerprint density at radius 3 is 3.14 bits per heavy atom. The molecule has 5 nitrogen and oxygen atoms in total. The number of carbonyl (C=O) groups is 1. The molecule has 1 aliphatic carbocycles. The number of fused-ring (bicyclic) bond motifs is 1. The molecule has 5 heteroatoms. The van der Waals surface area contributed by atoms with Crippen LogP contribution in [0.3, 0.4) is 0 Å². The highest BCUT2D eigenvalue weighted by atomic mass is 16.3. The van der Waals surface area contributed by atoms with Crippen LogP contribution in [0.25, 0.3) is 10.9 Å². The van der Waals surface area contributed by atoms with Gasteiger partial charge in [0.25, 0.3) is 5.91 Å². The van der Waals surface area contributed by atoms with Crippen LogP contribution in [0.2, 0.25) is 0 Å². The summed E-state index contributed by atoms with van der Waals surface area (Å²) >= 11 is 0. The van der Waals surface area contributed by atoms with Crippen LogP contribution in [0.15, 0.2) is 18.2 Å². The highest BCUT2D eigenvalue weighted by molar-refractivity contribution is 6.04. The molecule has 1 aliphatic rings. The molecule has 1 aromatic heterocycles. The van der Waals surface area contributed by atoms with E-state index in [1.807, 2.05) is 32.0 Å². The van der Waals surface area contributed by atoms with E-state index in [1.165, 1.54) is 0 Å². The van der Waals surface area contributed by atoms with Crippen LogP contribution in [0, 0.1) is 12.3 Å². The third-order valence-corrected chi connectivity index (χ3v) is 4.68. The van der Waals surface area contributed by atoms with Gasteiger partial charge in [0.05, 0.1) is 12.1 Å². The zero-order chi connectivity index (χ0) is 15.0. The minimum atomic E-state index is -0.225. The monoisotopic (exact) mass is 287 g/mol. The number of nitrogens with one attached hydrogen (secondary N) is 2. The Hall–Kier alpha value is -1.88. The number of aromatic nitrogens is 2. The van der Waals surface area contributed by atoms with Gasteiger partial charge in [0.1, 0.15) is 0 Å². The van der Waals surface area contributed by atoms with Gasteiger partial charge in [0, 0.05) is 16.8 Å². The summed E-state index contributed by atoms with van der Waals surface area (Å²) in [7, 11) is 0. The quantitative estimate of drug-likeness (QED) is 0.809. The molecule has 2 aromatic rings. The number of nitrogens with zero attached hydrogens (tertiary/aromatic N) is 1. The van der Waals surface area contributed by atoms with Gasteiger partial charge in [-0.05, 0) is 31.9 Å².